The third-order valence-electron chi connectivity index (χ3n) is 10.1. The van der Waals surface area contributed by atoms with Crippen LogP contribution in [0.15, 0.2) is 35.4 Å². The van der Waals surface area contributed by atoms with Crippen molar-refractivity contribution in [2.24, 2.45) is 0 Å². The molecule has 15 heteroatoms. The molecule has 2 N–H and O–H groups in total. The molecule has 0 bridgehead atoms. The van der Waals surface area contributed by atoms with Crippen LogP contribution in [0.5, 0.6) is 0 Å². The number of anilines is 1. The van der Waals surface area contributed by atoms with Crippen LogP contribution in [0.2, 0.25) is 36.3 Å². The zero-order chi connectivity index (χ0) is 35.3. The predicted molar refractivity (Wildman–Crippen MR) is 187 cm³/mol. The summed E-state index contributed by atoms with van der Waals surface area (Å²) in [6, 6.07) is 6.77. The molecule has 4 rings (SSSR count). The van der Waals surface area contributed by atoms with Crippen molar-refractivity contribution >= 4 is 45.3 Å². The van der Waals surface area contributed by atoms with E-state index in [0.29, 0.717) is 12.0 Å². The number of carbonyl (C=O) groups excluding carboxylic acids is 1. The Bertz CT molecular complexity index is 1690. The predicted octanol–water partition coefficient (Wildman–Crippen LogP) is 6.86. The maximum atomic E-state index is 12.9. The van der Waals surface area contributed by atoms with Gasteiger partial charge in [0.05, 0.1) is 23.5 Å². The molecule has 0 aliphatic carbocycles. The lowest BCUT2D eigenvalue weighted by Gasteiger charge is -2.45. The summed E-state index contributed by atoms with van der Waals surface area (Å²) in [7, 11) is -4.85. The van der Waals surface area contributed by atoms with Crippen LogP contribution in [0.4, 0.5) is 11.6 Å². The molecule has 2 unspecified atom stereocenters. The number of H-pyrrole nitrogens is 1. The molecule has 0 spiro atoms. The van der Waals surface area contributed by atoms with Gasteiger partial charge in [-0.2, -0.15) is 4.98 Å². The smallest absolute Gasteiger partial charge is 0.280 e. The highest BCUT2D eigenvalue weighted by Crippen LogP contribution is 2.47. The molecular formula is C32H50N6O7Si2. The summed E-state index contributed by atoms with van der Waals surface area (Å²) in [5.74, 6) is -0.815. The Labute approximate surface area is 278 Å². The summed E-state index contributed by atoms with van der Waals surface area (Å²) < 4.78 is 22.9. The van der Waals surface area contributed by atoms with Gasteiger partial charge in [0, 0.05) is 30.9 Å². The number of ether oxygens (including phenoxy) is 1. The fraction of sp³-hybridized carbons (Fsp3) is 0.625. The van der Waals surface area contributed by atoms with Crippen LogP contribution < -0.4 is 10.9 Å². The van der Waals surface area contributed by atoms with Crippen LogP contribution in [-0.4, -0.2) is 65.3 Å². The Hall–Kier alpha value is -3.25. The van der Waals surface area contributed by atoms with E-state index in [1.165, 1.54) is 19.3 Å². The van der Waals surface area contributed by atoms with Crippen molar-refractivity contribution in [3.63, 3.8) is 0 Å². The average molecular weight is 687 g/mol. The number of aromatic amines is 1. The number of para-hydroxylation sites is 1. The van der Waals surface area contributed by atoms with Crippen molar-refractivity contribution in [2.45, 2.75) is 129 Å². The summed E-state index contributed by atoms with van der Waals surface area (Å²) in [6.45, 7) is 24.9. The van der Waals surface area contributed by atoms with E-state index in [0.717, 1.165) is 0 Å². The lowest BCUT2D eigenvalue weighted by Crippen LogP contribution is -2.53. The average Bonchev–Trinajstić information content (AvgIpc) is 3.53. The second kappa shape index (κ2) is 13.0. The van der Waals surface area contributed by atoms with E-state index in [4.69, 9.17) is 13.6 Å². The first-order valence-corrected chi connectivity index (χ1v) is 21.8. The number of carbonyl (C=O) groups is 1. The number of nitro benzene ring substituents is 1. The molecule has 1 saturated heterocycles. The van der Waals surface area contributed by atoms with Crippen LogP contribution in [0.1, 0.15) is 79.5 Å². The van der Waals surface area contributed by atoms with E-state index in [1.807, 2.05) is 6.92 Å². The third kappa shape index (κ3) is 7.59. The second-order valence-corrected chi connectivity index (χ2v) is 25.1. The molecule has 1 fully saturated rings. The molecule has 1 aliphatic rings. The molecular weight excluding hydrogens is 637 g/mol. The summed E-state index contributed by atoms with van der Waals surface area (Å²) >= 11 is 0. The minimum absolute atomic E-state index is 0.00418. The highest BCUT2D eigenvalue weighted by Gasteiger charge is 2.52. The highest BCUT2D eigenvalue weighted by molar-refractivity contribution is 6.74. The molecule has 3 heterocycles. The first-order valence-electron chi connectivity index (χ1n) is 16.0. The summed E-state index contributed by atoms with van der Waals surface area (Å²) in [5, 5.41) is 14.4. The molecule has 47 heavy (non-hydrogen) atoms. The molecule has 0 radical (unpaired) electrons. The minimum Gasteiger partial charge on any atom is -0.411 e. The highest BCUT2D eigenvalue weighted by atomic mass is 28.4. The Morgan fingerprint density at radius 2 is 1.74 bits per heavy atom. The van der Waals surface area contributed by atoms with Crippen LogP contribution in [-0.2, 0) is 18.4 Å². The van der Waals surface area contributed by atoms with Gasteiger partial charge < -0.3 is 13.6 Å². The van der Waals surface area contributed by atoms with Gasteiger partial charge in [0.15, 0.2) is 27.8 Å². The normalized spacial score (nSPS) is 20.7. The molecule has 1 aliphatic heterocycles. The number of nitro groups is 1. The number of fused-ring (bicyclic) bond motifs is 1. The maximum absolute atomic E-state index is 12.9. The lowest BCUT2D eigenvalue weighted by molar-refractivity contribution is -0.385. The number of nitrogens with one attached hydrogen (secondary N) is 2. The van der Waals surface area contributed by atoms with Crippen LogP contribution in [0.25, 0.3) is 11.2 Å². The van der Waals surface area contributed by atoms with E-state index in [1.54, 1.807) is 22.8 Å². The first-order chi connectivity index (χ1) is 21.5. The number of benzene rings is 1. The van der Waals surface area contributed by atoms with Gasteiger partial charge in [0.25, 0.3) is 11.2 Å². The first kappa shape index (κ1) is 36.6. The van der Waals surface area contributed by atoms with Gasteiger partial charge in [0.2, 0.25) is 11.9 Å². The fourth-order valence-corrected chi connectivity index (χ4v) is 8.06. The van der Waals surface area contributed by atoms with E-state index in [-0.39, 0.29) is 43.7 Å². The number of imidazole rings is 1. The van der Waals surface area contributed by atoms with Crippen molar-refractivity contribution in [3.05, 3.63) is 56.6 Å². The van der Waals surface area contributed by atoms with E-state index < -0.39 is 52.7 Å². The van der Waals surface area contributed by atoms with Gasteiger partial charge in [-0.3, -0.25) is 34.6 Å². The molecule has 5 atom stereocenters. The quantitative estimate of drug-likeness (QED) is 0.132. The molecule has 0 saturated carbocycles. The van der Waals surface area contributed by atoms with E-state index in [9.17, 15) is 19.7 Å². The van der Waals surface area contributed by atoms with Crippen molar-refractivity contribution in [2.75, 3.05) is 5.32 Å². The maximum Gasteiger partial charge on any atom is 0.280 e. The number of amides is 1. The molecule has 1 amide bonds. The van der Waals surface area contributed by atoms with E-state index in [2.05, 4.69) is 88.0 Å². The summed E-state index contributed by atoms with van der Waals surface area (Å²) in [6.07, 6.45) is -0.438. The van der Waals surface area contributed by atoms with Crippen LogP contribution in [0.3, 0.4) is 0 Å². The van der Waals surface area contributed by atoms with Crippen molar-refractivity contribution in [1.82, 2.24) is 19.5 Å². The zero-order valence-corrected chi connectivity index (χ0v) is 31.6. The number of rotatable bonds is 10. The topological polar surface area (TPSA) is 164 Å². The van der Waals surface area contributed by atoms with Crippen molar-refractivity contribution in [1.29, 1.82) is 0 Å². The van der Waals surface area contributed by atoms with Gasteiger partial charge in [-0.25, -0.2) is 4.98 Å². The Kier molecular flexibility index (Phi) is 10.1. The van der Waals surface area contributed by atoms with Crippen molar-refractivity contribution < 1.29 is 23.3 Å². The SMILES string of the molecule is CC(=O)Nc1nc2c(ncn2[C@H]2C[C@H](O[Si](C)(C)C(C)(C)C)[C@@H](C(O[Si](C)(C)C(C)(C)C)C(C)c3ccccc3[N+](=O)[O-])O2)c(=O)[nH]1. The van der Waals surface area contributed by atoms with Gasteiger partial charge in [-0.05, 0) is 36.3 Å². The fourth-order valence-electron chi connectivity index (χ4n) is 5.35. The molecule has 2 aromatic heterocycles. The zero-order valence-electron chi connectivity index (χ0n) is 29.6. The lowest BCUT2D eigenvalue weighted by atomic mass is 9.89. The Balaban J connectivity index is 1.88. The van der Waals surface area contributed by atoms with Gasteiger partial charge in [-0.15, -0.1) is 0 Å². The van der Waals surface area contributed by atoms with Gasteiger partial charge in [-0.1, -0.05) is 66.7 Å². The summed E-state index contributed by atoms with van der Waals surface area (Å²) in [4.78, 5) is 47.8. The standard InChI is InChI=1S/C32H50N6O7Si2/c1-19(21-15-13-14-16-22(21)38(41)42)26(45-47(11,12)32(6,7)8)27-23(44-46(9,10)31(3,4)5)17-24(43-27)37-18-33-25-28(37)35-30(34-20(2)39)36-29(25)40/h13-16,18-19,23-24,26-27H,17H2,1-12H3,(H2,34,35,36,39,40)/t19?,23-,24+,26?,27-/m0/s1. The number of aromatic nitrogens is 4. The second-order valence-electron chi connectivity index (χ2n) is 15.6. The van der Waals surface area contributed by atoms with E-state index >= 15 is 0 Å². The van der Waals surface area contributed by atoms with Crippen LogP contribution >= 0.6 is 0 Å². The number of nitrogens with zero attached hydrogens (tertiary/aromatic N) is 4. The molecule has 13 nitrogen and oxygen atoms in total. The van der Waals surface area contributed by atoms with Crippen LogP contribution in [0, 0.1) is 10.1 Å². The third-order valence-corrected chi connectivity index (χ3v) is 19.1. The summed E-state index contributed by atoms with van der Waals surface area (Å²) in [5.41, 5.74) is 0.443. The van der Waals surface area contributed by atoms with Crippen molar-refractivity contribution in [3.8, 4) is 0 Å². The monoisotopic (exact) mass is 686 g/mol. The molecule has 258 valence electrons. The minimum atomic E-state index is -2.47. The number of hydrogen-bond acceptors (Lipinski definition) is 9. The Morgan fingerprint density at radius 3 is 2.32 bits per heavy atom. The molecule has 3 aromatic rings. The Morgan fingerprint density at radius 1 is 1.13 bits per heavy atom. The van der Waals surface area contributed by atoms with Gasteiger partial charge >= 0.3 is 0 Å². The number of hydrogen-bond donors (Lipinski definition) is 2. The largest absolute Gasteiger partial charge is 0.411 e. The molecule has 1 aromatic carbocycles. The van der Waals surface area contributed by atoms with Gasteiger partial charge in [0.1, 0.15) is 12.3 Å².